The molecule has 1 aromatic carbocycles. The fourth-order valence-corrected chi connectivity index (χ4v) is 2.61. The Morgan fingerprint density at radius 1 is 1.26 bits per heavy atom. The molecule has 0 saturated carbocycles. The average molecular weight is 286 g/mol. The average Bonchev–Trinajstić information content (AvgIpc) is 2.25. The highest BCUT2D eigenvalue weighted by Gasteiger charge is 2.11. The quantitative estimate of drug-likeness (QED) is 0.705. The summed E-state index contributed by atoms with van der Waals surface area (Å²) in [6.45, 7) is 3.46. The summed E-state index contributed by atoms with van der Waals surface area (Å²) >= 11 is 0. The first-order valence-electron chi connectivity index (χ1n) is 5.89. The summed E-state index contributed by atoms with van der Waals surface area (Å²) in [4.78, 5) is 10.4. The molecular weight excluding hydrogens is 268 g/mol. The van der Waals surface area contributed by atoms with Crippen LogP contribution in [-0.2, 0) is 21.4 Å². The molecule has 1 rings (SSSR count). The second-order valence-electron chi connectivity index (χ2n) is 4.47. The van der Waals surface area contributed by atoms with Crippen LogP contribution in [0.4, 0.5) is 5.69 Å². The number of carboxylic acids is 1. The molecule has 0 spiro atoms. The number of hydrogen-bond donors (Lipinski definition) is 3. The number of carboxylic acid groups (broad SMARTS) is 1. The molecule has 106 valence electrons. The third-order valence-corrected chi connectivity index (χ3v) is 3.51. The minimum atomic E-state index is -3.57. The Kier molecular flexibility index (Phi) is 5.31. The number of aryl methyl sites for hydroxylation is 1. The number of hydrogen-bond acceptors (Lipinski definition) is 3. The lowest BCUT2D eigenvalue weighted by atomic mass is 10.1. The lowest BCUT2D eigenvalue weighted by Crippen LogP contribution is -2.35. The summed E-state index contributed by atoms with van der Waals surface area (Å²) in [5.74, 6) is -0.856. The fraction of sp³-hybridized carbons (Fsp3) is 0.417. The van der Waals surface area contributed by atoms with E-state index in [1.165, 1.54) is 0 Å². The van der Waals surface area contributed by atoms with Crippen molar-refractivity contribution < 1.29 is 18.3 Å². The van der Waals surface area contributed by atoms with Crippen molar-refractivity contribution in [2.75, 3.05) is 4.72 Å². The van der Waals surface area contributed by atoms with Crippen molar-refractivity contribution in [3.63, 3.8) is 0 Å². The molecule has 0 amide bonds. The maximum atomic E-state index is 11.6. The van der Waals surface area contributed by atoms with Crippen LogP contribution < -0.4 is 9.44 Å². The van der Waals surface area contributed by atoms with Gasteiger partial charge in [-0.3, -0.25) is 9.52 Å². The molecule has 0 saturated heterocycles. The number of carbonyl (C=O) groups is 1. The first-order valence-corrected chi connectivity index (χ1v) is 7.37. The molecule has 3 N–H and O–H groups in total. The highest BCUT2D eigenvalue weighted by Crippen LogP contribution is 2.12. The Bertz CT molecular complexity index is 523. The Morgan fingerprint density at radius 3 is 2.32 bits per heavy atom. The largest absolute Gasteiger partial charge is 0.481 e. The lowest BCUT2D eigenvalue weighted by Gasteiger charge is -2.11. The third kappa shape index (κ3) is 6.21. The molecule has 0 radical (unpaired) electrons. The SMILES string of the molecule is CC(C)NS(=O)(=O)Nc1ccc(CCC(=O)O)cc1. The monoisotopic (exact) mass is 286 g/mol. The fourth-order valence-electron chi connectivity index (χ4n) is 1.49. The van der Waals surface area contributed by atoms with Crippen molar-refractivity contribution in [2.45, 2.75) is 32.7 Å². The molecule has 0 atom stereocenters. The van der Waals surface area contributed by atoms with E-state index < -0.39 is 16.2 Å². The summed E-state index contributed by atoms with van der Waals surface area (Å²) in [6, 6.07) is 6.44. The zero-order valence-corrected chi connectivity index (χ0v) is 11.7. The Balaban J connectivity index is 2.64. The zero-order chi connectivity index (χ0) is 14.5. The molecule has 0 aliphatic rings. The molecule has 7 heteroatoms. The number of benzene rings is 1. The summed E-state index contributed by atoms with van der Waals surface area (Å²) in [6.07, 6.45) is 0.479. The van der Waals surface area contributed by atoms with E-state index in [0.29, 0.717) is 12.1 Å². The van der Waals surface area contributed by atoms with Gasteiger partial charge in [-0.2, -0.15) is 13.1 Å². The van der Waals surface area contributed by atoms with Gasteiger partial charge < -0.3 is 5.11 Å². The van der Waals surface area contributed by atoms with Gasteiger partial charge in [0.15, 0.2) is 0 Å². The van der Waals surface area contributed by atoms with Gasteiger partial charge in [0.05, 0.1) is 0 Å². The van der Waals surface area contributed by atoms with Gasteiger partial charge >= 0.3 is 5.97 Å². The first kappa shape index (κ1) is 15.5. The molecule has 0 aliphatic heterocycles. The van der Waals surface area contributed by atoms with Crippen molar-refractivity contribution >= 4 is 21.9 Å². The van der Waals surface area contributed by atoms with Crippen molar-refractivity contribution in [3.05, 3.63) is 29.8 Å². The number of rotatable bonds is 7. The number of aliphatic carboxylic acids is 1. The van der Waals surface area contributed by atoms with Crippen molar-refractivity contribution in [2.24, 2.45) is 0 Å². The number of anilines is 1. The van der Waals surface area contributed by atoms with Crippen molar-refractivity contribution in [1.82, 2.24) is 4.72 Å². The van der Waals surface area contributed by atoms with E-state index in [1.807, 2.05) is 0 Å². The normalized spacial score (nSPS) is 11.5. The van der Waals surface area contributed by atoms with Crippen molar-refractivity contribution in [3.8, 4) is 0 Å². The first-order chi connectivity index (χ1) is 8.78. The van der Waals surface area contributed by atoms with Gasteiger partial charge in [0.2, 0.25) is 0 Å². The maximum Gasteiger partial charge on any atom is 0.303 e. The molecular formula is C12H18N2O4S. The highest BCUT2D eigenvalue weighted by molar-refractivity contribution is 7.90. The second-order valence-corrected chi connectivity index (χ2v) is 5.92. The third-order valence-electron chi connectivity index (χ3n) is 2.22. The molecule has 0 aliphatic carbocycles. The standard InChI is InChI=1S/C12H18N2O4S/c1-9(2)13-19(17,18)14-11-6-3-10(4-7-11)5-8-12(15)16/h3-4,6-7,9,13-14H,5,8H2,1-2H3,(H,15,16). The van der Waals surface area contributed by atoms with Crippen LogP contribution >= 0.6 is 0 Å². The van der Waals surface area contributed by atoms with Gasteiger partial charge in [-0.05, 0) is 38.0 Å². The van der Waals surface area contributed by atoms with Crippen LogP contribution in [-0.4, -0.2) is 25.5 Å². The molecule has 0 heterocycles. The van der Waals surface area contributed by atoms with Crippen LogP contribution in [0.15, 0.2) is 24.3 Å². The molecule has 0 bridgehead atoms. The molecule has 0 fully saturated rings. The highest BCUT2D eigenvalue weighted by atomic mass is 32.2. The van der Waals surface area contributed by atoms with E-state index in [4.69, 9.17) is 5.11 Å². The van der Waals surface area contributed by atoms with Crippen LogP contribution in [0, 0.1) is 0 Å². The van der Waals surface area contributed by atoms with Crippen LogP contribution in [0.25, 0.3) is 0 Å². The van der Waals surface area contributed by atoms with Gasteiger partial charge in [-0.1, -0.05) is 12.1 Å². The van der Waals surface area contributed by atoms with E-state index in [0.717, 1.165) is 5.56 Å². The van der Waals surface area contributed by atoms with Crippen LogP contribution in [0.1, 0.15) is 25.8 Å². The van der Waals surface area contributed by atoms with Crippen LogP contribution in [0.2, 0.25) is 0 Å². The Hall–Kier alpha value is -1.60. The molecule has 0 unspecified atom stereocenters. The summed E-state index contributed by atoms with van der Waals surface area (Å²) in [5, 5.41) is 8.57. The lowest BCUT2D eigenvalue weighted by molar-refractivity contribution is -0.136. The Morgan fingerprint density at radius 2 is 1.84 bits per heavy atom. The summed E-state index contributed by atoms with van der Waals surface area (Å²) in [5.41, 5.74) is 1.29. The van der Waals surface area contributed by atoms with E-state index >= 15 is 0 Å². The maximum absolute atomic E-state index is 11.6. The topological polar surface area (TPSA) is 95.5 Å². The predicted octanol–water partition coefficient (Wildman–Crippen LogP) is 1.36. The van der Waals surface area contributed by atoms with Gasteiger partial charge in [0.1, 0.15) is 0 Å². The predicted molar refractivity (Wildman–Crippen MR) is 73.2 cm³/mol. The zero-order valence-electron chi connectivity index (χ0n) is 10.9. The van der Waals surface area contributed by atoms with E-state index in [9.17, 15) is 13.2 Å². The van der Waals surface area contributed by atoms with Gasteiger partial charge in [0.25, 0.3) is 10.2 Å². The number of nitrogens with one attached hydrogen (secondary N) is 2. The van der Waals surface area contributed by atoms with Crippen molar-refractivity contribution in [1.29, 1.82) is 0 Å². The smallest absolute Gasteiger partial charge is 0.303 e. The minimum Gasteiger partial charge on any atom is -0.481 e. The second kappa shape index (κ2) is 6.53. The van der Waals surface area contributed by atoms with Crippen LogP contribution in [0.5, 0.6) is 0 Å². The molecule has 19 heavy (non-hydrogen) atoms. The van der Waals surface area contributed by atoms with Gasteiger partial charge in [-0.15, -0.1) is 0 Å². The van der Waals surface area contributed by atoms with E-state index in [-0.39, 0.29) is 12.5 Å². The molecule has 1 aromatic rings. The van der Waals surface area contributed by atoms with Crippen LogP contribution in [0.3, 0.4) is 0 Å². The minimum absolute atomic E-state index is 0.0555. The van der Waals surface area contributed by atoms with Gasteiger partial charge in [-0.25, -0.2) is 0 Å². The summed E-state index contributed by atoms with van der Waals surface area (Å²) in [7, 11) is -3.57. The Labute approximate surface area is 113 Å². The van der Waals surface area contributed by atoms with E-state index in [2.05, 4.69) is 9.44 Å². The van der Waals surface area contributed by atoms with Gasteiger partial charge in [0, 0.05) is 18.2 Å². The molecule has 0 aromatic heterocycles. The summed E-state index contributed by atoms with van der Waals surface area (Å²) < 4.78 is 28.0. The molecule has 6 nitrogen and oxygen atoms in total. The van der Waals surface area contributed by atoms with E-state index in [1.54, 1.807) is 38.1 Å².